The van der Waals surface area contributed by atoms with Gasteiger partial charge in [0.15, 0.2) is 0 Å². The van der Waals surface area contributed by atoms with Crippen molar-refractivity contribution in [2.45, 2.75) is 6.61 Å². The zero-order chi connectivity index (χ0) is 17.5. The molecule has 0 aliphatic heterocycles. The van der Waals surface area contributed by atoms with Gasteiger partial charge in [-0.15, -0.1) is 0 Å². The maximum atomic E-state index is 13.8. The summed E-state index contributed by atoms with van der Waals surface area (Å²) < 4.78 is 18.9. The predicted molar refractivity (Wildman–Crippen MR) is 97.6 cm³/mol. The fourth-order valence-electron chi connectivity index (χ4n) is 2.53. The van der Waals surface area contributed by atoms with Crippen LogP contribution in [0.4, 0.5) is 9.18 Å². The second kappa shape index (κ2) is 8.11. The van der Waals surface area contributed by atoms with Crippen molar-refractivity contribution in [2.75, 3.05) is 6.54 Å². The lowest BCUT2D eigenvalue weighted by molar-refractivity contribution is 0.141. The lowest BCUT2D eigenvalue weighted by Gasteiger charge is -2.06. The van der Waals surface area contributed by atoms with Gasteiger partial charge in [-0.1, -0.05) is 72.8 Å². The number of carbonyl (C=O) groups excluding carboxylic acids is 1. The third-order valence-corrected chi connectivity index (χ3v) is 3.78. The Morgan fingerprint density at radius 3 is 2.48 bits per heavy atom. The van der Waals surface area contributed by atoms with Crippen molar-refractivity contribution < 1.29 is 13.9 Å². The van der Waals surface area contributed by atoms with Crippen LogP contribution >= 0.6 is 0 Å². The number of nitrogens with one attached hydrogen (secondary N) is 1. The fraction of sp³-hybridized carbons (Fsp3) is 0.0952. The smallest absolute Gasteiger partial charge is 0.407 e. The molecular weight excluding hydrogens is 317 g/mol. The van der Waals surface area contributed by atoms with Crippen LogP contribution in [0, 0.1) is 5.82 Å². The number of amides is 1. The Balaban J connectivity index is 1.54. The molecular formula is C21H18FNO2. The van der Waals surface area contributed by atoms with Crippen LogP contribution in [0.3, 0.4) is 0 Å². The van der Waals surface area contributed by atoms with Gasteiger partial charge < -0.3 is 10.1 Å². The fourth-order valence-corrected chi connectivity index (χ4v) is 2.53. The summed E-state index contributed by atoms with van der Waals surface area (Å²) in [6.45, 7) is 0.568. The molecule has 0 bridgehead atoms. The molecule has 3 nitrogen and oxygen atoms in total. The van der Waals surface area contributed by atoms with E-state index in [1.165, 1.54) is 6.07 Å². The summed E-state index contributed by atoms with van der Waals surface area (Å²) in [5, 5.41) is 4.08. The average Bonchev–Trinajstić information content (AvgIpc) is 2.66. The van der Waals surface area contributed by atoms with Crippen LogP contribution in [0.1, 0.15) is 11.1 Å². The Morgan fingerprint density at radius 2 is 1.68 bits per heavy atom. The van der Waals surface area contributed by atoms with Crippen molar-refractivity contribution in [3.05, 3.63) is 89.8 Å². The van der Waals surface area contributed by atoms with Crippen LogP contribution in [0.15, 0.2) is 72.8 Å². The molecule has 0 saturated heterocycles. The van der Waals surface area contributed by atoms with Gasteiger partial charge >= 0.3 is 6.09 Å². The van der Waals surface area contributed by atoms with Gasteiger partial charge in [-0.3, -0.25) is 0 Å². The monoisotopic (exact) mass is 335 g/mol. The lowest BCUT2D eigenvalue weighted by Crippen LogP contribution is -2.24. The number of hydrogen-bond donors (Lipinski definition) is 1. The molecule has 1 amide bonds. The van der Waals surface area contributed by atoms with Gasteiger partial charge in [0.05, 0.1) is 0 Å². The quantitative estimate of drug-likeness (QED) is 0.719. The second-order valence-corrected chi connectivity index (χ2v) is 5.53. The molecule has 0 aliphatic rings. The number of fused-ring (bicyclic) bond motifs is 1. The Bertz CT molecular complexity index is 891. The Hall–Kier alpha value is -3.14. The number of alkyl carbamates (subject to hydrolysis) is 1. The zero-order valence-electron chi connectivity index (χ0n) is 13.6. The van der Waals surface area contributed by atoms with E-state index in [0.717, 1.165) is 16.5 Å². The van der Waals surface area contributed by atoms with Gasteiger partial charge in [0, 0.05) is 11.9 Å². The standard InChI is InChI=1S/C21H18FNO2/c22-20-13-12-17(18-10-4-5-11-19(18)20)9-6-14-23-21(24)25-15-16-7-2-1-3-8-16/h1-13H,14-15H2,(H,23,24). The van der Waals surface area contributed by atoms with Gasteiger partial charge in [-0.05, 0) is 22.6 Å². The SMILES string of the molecule is O=C(NCC=Cc1ccc(F)c2ccccc12)OCc1ccccc1. The van der Waals surface area contributed by atoms with Gasteiger partial charge in [0.25, 0.3) is 0 Å². The molecule has 0 spiro atoms. The predicted octanol–water partition coefficient (Wildman–Crippen LogP) is 4.92. The highest BCUT2D eigenvalue weighted by atomic mass is 19.1. The molecule has 0 unspecified atom stereocenters. The van der Waals surface area contributed by atoms with Crippen molar-refractivity contribution in [1.82, 2.24) is 5.32 Å². The topological polar surface area (TPSA) is 38.3 Å². The number of ether oxygens (including phenoxy) is 1. The molecule has 0 heterocycles. The molecule has 0 saturated carbocycles. The second-order valence-electron chi connectivity index (χ2n) is 5.53. The molecule has 0 atom stereocenters. The molecule has 3 rings (SSSR count). The van der Waals surface area contributed by atoms with Gasteiger partial charge in [-0.2, -0.15) is 0 Å². The molecule has 4 heteroatoms. The Kier molecular flexibility index (Phi) is 5.42. The van der Waals surface area contributed by atoms with E-state index in [4.69, 9.17) is 4.74 Å². The third kappa shape index (κ3) is 4.44. The Morgan fingerprint density at radius 1 is 0.960 bits per heavy atom. The summed E-state index contributed by atoms with van der Waals surface area (Å²) in [6.07, 6.45) is 3.19. The van der Waals surface area contributed by atoms with Crippen molar-refractivity contribution in [1.29, 1.82) is 0 Å². The van der Waals surface area contributed by atoms with E-state index in [9.17, 15) is 9.18 Å². The molecule has 0 fully saturated rings. The summed E-state index contributed by atoms with van der Waals surface area (Å²) in [4.78, 5) is 11.7. The number of halogens is 1. The molecule has 3 aromatic rings. The van der Waals surface area contributed by atoms with Crippen LogP contribution in [0.5, 0.6) is 0 Å². The summed E-state index contributed by atoms with van der Waals surface area (Å²) in [5.74, 6) is -0.240. The van der Waals surface area contributed by atoms with E-state index < -0.39 is 6.09 Å². The van der Waals surface area contributed by atoms with Gasteiger partial charge in [-0.25, -0.2) is 9.18 Å². The maximum Gasteiger partial charge on any atom is 0.407 e. The number of hydrogen-bond acceptors (Lipinski definition) is 2. The van der Waals surface area contributed by atoms with Crippen LogP contribution in [-0.2, 0) is 11.3 Å². The van der Waals surface area contributed by atoms with E-state index in [2.05, 4.69) is 5.32 Å². The first-order valence-corrected chi connectivity index (χ1v) is 8.02. The largest absolute Gasteiger partial charge is 0.445 e. The average molecular weight is 335 g/mol. The van der Waals surface area contributed by atoms with Gasteiger partial charge in [0.1, 0.15) is 12.4 Å². The summed E-state index contributed by atoms with van der Waals surface area (Å²) in [5.41, 5.74) is 1.84. The lowest BCUT2D eigenvalue weighted by atomic mass is 10.0. The van der Waals surface area contributed by atoms with Crippen LogP contribution < -0.4 is 5.32 Å². The van der Waals surface area contributed by atoms with E-state index in [1.54, 1.807) is 12.1 Å². The minimum absolute atomic E-state index is 0.235. The molecule has 0 aromatic heterocycles. The molecule has 0 aliphatic carbocycles. The first kappa shape index (κ1) is 16.7. The molecule has 25 heavy (non-hydrogen) atoms. The summed E-state index contributed by atoms with van der Waals surface area (Å²) in [7, 11) is 0. The van der Waals surface area contributed by atoms with E-state index >= 15 is 0 Å². The molecule has 3 aromatic carbocycles. The Labute approximate surface area is 145 Å². The van der Waals surface area contributed by atoms with E-state index in [0.29, 0.717) is 11.9 Å². The van der Waals surface area contributed by atoms with E-state index in [-0.39, 0.29) is 12.4 Å². The summed E-state index contributed by atoms with van der Waals surface area (Å²) in [6, 6.07) is 20.0. The molecule has 0 radical (unpaired) electrons. The molecule has 126 valence electrons. The van der Waals surface area contributed by atoms with Gasteiger partial charge in [0.2, 0.25) is 0 Å². The highest BCUT2D eigenvalue weighted by molar-refractivity contribution is 5.91. The normalized spacial score (nSPS) is 10.9. The van der Waals surface area contributed by atoms with Crippen molar-refractivity contribution >= 4 is 22.9 Å². The number of carbonyl (C=O) groups is 1. The van der Waals surface area contributed by atoms with E-state index in [1.807, 2.05) is 60.7 Å². The first-order chi connectivity index (χ1) is 12.2. The van der Waals surface area contributed by atoms with Crippen LogP contribution in [-0.4, -0.2) is 12.6 Å². The number of rotatable bonds is 5. The summed E-state index contributed by atoms with van der Waals surface area (Å²) >= 11 is 0. The maximum absolute atomic E-state index is 13.8. The van der Waals surface area contributed by atoms with Crippen LogP contribution in [0.25, 0.3) is 16.8 Å². The van der Waals surface area contributed by atoms with Crippen LogP contribution in [0.2, 0.25) is 0 Å². The van der Waals surface area contributed by atoms with Crippen molar-refractivity contribution in [3.63, 3.8) is 0 Å². The number of benzene rings is 3. The molecule has 1 N–H and O–H groups in total. The third-order valence-electron chi connectivity index (χ3n) is 3.78. The first-order valence-electron chi connectivity index (χ1n) is 8.02. The zero-order valence-corrected chi connectivity index (χ0v) is 13.6. The highest BCUT2D eigenvalue weighted by Gasteiger charge is 2.03. The minimum atomic E-state index is -0.475. The minimum Gasteiger partial charge on any atom is -0.445 e. The van der Waals surface area contributed by atoms with Crippen molar-refractivity contribution in [2.24, 2.45) is 0 Å². The highest BCUT2D eigenvalue weighted by Crippen LogP contribution is 2.22. The van der Waals surface area contributed by atoms with Crippen molar-refractivity contribution in [3.8, 4) is 0 Å².